The van der Waals surface area contributed by atoms with Crippen LogP contribution in [0.3, 0.4) is 0 Å². The van der Waals surface area contributed by atoms with E-state index in [2.05, 4.69) is 82.6 Å². The zero-order chi connectivity index (χ0) is 22.8. The van der Waals surface area contributed by atoms with Crippen LogP contribution in [0.4, 0.5) is 0 Å². The second kappa shape index (κ2) is 7.26. The van der Waals surface area contributed by atoms with E-state index in [-0.39, 0.29) is 35.5 Å². The van der Waals surface area contributed by atoms with Gasteiger partial charge in [0.05, 0.1) is 18.1 Å². The zero-order valence-corrected chi connectivity index (χ0v) is 18.5. The maximum atomic E-state index is 13.0. The molecule has 1 aliphatic heterocycles. The summed E-state index contributed by atoms with van der Waals surface area (Å²) in [5.74, 6) is -0.381. The number of amides is 2. The van der Waals surface area contributed by atoms with E-state index in [9.17, 15) is 9.59 Å². The second-order valence-corrected chi connectivity index (χ2v) is 9.60. The van der Waals surface area contributed by atoms with Gasteiger partial charge in [-0.1, -0.05) is 72.8 Å². The summed E-state index contributed by atoms with van der Waals surface area (Å²) < 4.78 is 2.21. The number of para-hydroxylation sites is 1. The summed E-state index contributed by atoms with van der Waals surface area (Å²) in [5.41, 5.74) is 3.23. The van der Waals surface area contributed by atoms with Crippen molar-refractivity contribution in [2.75, 3.05) is 0 Å². The van der Waals surface area contributed by atoms with Crippen LogP contribution in [0.5, 0.6) is 0 Å². The first-order valence-corrected chi connectivity index (χ1v) is 11.8. The van der Waals surface area contributed by atoms with E-state index in [1.54, 1.807) is 6.21 Å². The molecule has 34 heavy (non-hydrogen) atoms. The van der Waals surface area contributed by atoms with Crippen LogP contribution in [0.1, 0.15) is 17.5 Å². The van der Waals surface area contributed by atoms with Gasteiger partial charge in [0, 0.05) is 29.2 Å². The van der Waals surface area contributed by atoms with Crippen LogP contribution in [-0.4, -0.2) is 27.6 Å². The molecular weight excluding hydrogens is 422 g/mol. The Morgan fingerprint density at radius 2 is 1.50 bits per heavy atom. The number of allylic oxidation sites excluding steroid dienone is 2. The first-order chi connectivity index (χ1) is 16.7. The van der Waals surface area contributed by atoms with E-state index in [4.69, 9.17) is 0 Å². The fourth-order valence-electron chi connectivity index (χ4n) is 6.24. The number of benzene rings is 3. The van der Waals surface area contributed by atoms with Crippen molar-refractivity contribution >= 4 is 39.7 Å². The summed E-state index contributed by atoms with van der Waals surface area (Å²) in [6.45, 7) is 0.719. The van der Waals surface area contributed by atoms with Gasteiger partial charge in [-0.05, 0) is 40.7 Å². The third-order valence-corrected chi connectivity index (χ3v) is 7.80. The average Bonchev–Trinajstić information content (AvgIpc) is 3.62. The number of carbonyl (C=O) groups excluding carboxylic acids is 2. The maximum Gasteiger partial charge on any atom is 0.254 e. The summed E-state index contributed by atoms with van der Waals surface area (Å²) in [7, 11) is 0. The van der Waals surface area contributed by atoms with Crippen LogP contribution < -0.4 is 0 Å². The predicted molar refractivity (Wildman–Crippen MR) is 132 cm³/mol. The fraction of sp³-hybridized carbons (Fsp3) is 0.207. The summed E-state index contributed by atoms with van der Waals surface area (Å²) in [6, 6.07) is 23.0. The highest BCUT2D eigenvalue weighted by Gasteiger charge is 2.59. The number of hydrogen-bond donors (Lipinski definition) is 0. The minimum absolute atomic E-state index is 0.150. The molecule has 5 nitrogen and oxygen atoms in total. The van der Waals surface area contributed by atoms with Crippen LogP contribution >= 0.6 is 0 Å². The first kappa shape index (κ1) is 19.5. The molecule has 1 aromatic heterocycles. The first-order valence-electron chi connectivity index (χ1n) is 11.8. The normalized spacial score (nSPS) is 25.5. The summed E-state index contributed by atoms with van der Waals surface area (Å²) >= 11 is 0. The van der Waals surface area contributed by atoms with Crippen molar-refractivity contribution < 1.29 is 9.59 Å². The lowest BCUT2D eigenvalue weighted by Gasteiger charge is -2.13. The Hall–Kier alpha value is -3.99. The van der Waals surface area contributed by atoms with Gasteiger partial charge >= 0.3 is 0 Å². The molecule has 2 aliphatic carbocycles. The van der Waals surface area contributed by atoms with Gasteiger partial charge in [-0.25, -0.2) is 0 Å². The molecule has 166 valence electrons. The Morgan fingerprint density at radius 3 is 2.29 bits per heavy atom. The highest BCUT2D eigenvalue weighted by atomic mass is 16.2. The van der Waals surface area contributed by atoms with Crippen molar-refractivity contribution in [1.82, 2.24) is 9.58 Å². The number of rotatable bonds is 4. The molecule has 2 bridgehead atoms. The Balaban J connectivity index is 1.24. The largest absolute Gasteiger partial charge is 0.342 e. The molecule has 4 atom stereocenters. The van der Waals surface area contributed by atoms with Gasteiger partial charge in [0.2, 0.25) is 0 Å². The van der Waals surface area contributed by atoms with Gasteiger partial charge < -0.3 is 4.57 Å². The van der Waals surface area contributed by atoms with Gasteiger partial charge in [-0.3, -0.25) is 9.59 Å². The number of hydrogen-bond acceptors (Lipinski definition) is 3. The van der Waals surface area contributed by atoms with Gasteiger partial charge in [0.15, 0.2) is 0 Å². The van der Waals surface area contributed by atoms with E-state index < -0.39 is 0 Å². The lowest BCUT2D eigenvalue weighted by molar-refractivity contribution is -0.140. The number of carbonyl (C=O) groups is 2. The molecule has 0 unspecified atom stereocenters. The minimum Gasteiger partial charge on any atom is -0.342 e. The Bertz CT molecular complexity index is 1510. The standard InChI is InChI=1S/C29H23N3O2/c33-28-26-19-12-13-20(14-19)27(26)29(34)32(28)30-15-22-17-31(25-11-4-3-10-24(22)25)16-21-8-5-7-18-6-1-2-9-23(18)21/h1-13,15,17,19-20,26-27H,14,16H2/t19-,20-,26-,27+/m0/s1. The van der Waals surface area contributed by atoms with Crippen LogP contribution in [-0.2, 0) is 16.1 Å². The van der Waals surface area contributed by atoms with Gasteiger partial charge in [0.25, 0.3) is 11.8 Å². The molecule has 2 heterocycles. The highest BCUT2D eigenvalue weighted by molar-refractivity contribution is 6.07. The number of aromatic nitrogens is 1. The van der Waals surface area contributed by atoms with Crippen LogP contribution in [0.15, 0.2) is 90.2 Å². The van der Waals surface area contributed by atoms with Crippen molar-refractivity contribution in [3.8, 4) is 0 Å². The van der Waals surface area contributed by atoms with Gasteiger partial charge in [-0.2, -0.15) is 10.1 Å². The van der Waals surface area contributed by atoms with E-state index in [0.717, 1.165) is 34.4 Å². The third-order valence-electron chi connectivity index (χ3n) is 7.80. The molecule has 5 heteroatoms. The summed E-state index contributed by atoms with van der Waals surface area (Å²) in [4.78, 5) is 26.0. The lowest BCUT2D eigenvalue weighted by atomic mass is 9.85. The summed E-state index contributed by atoms with van der Waals surface area (Å²) in [6.07, 6.45) is 8.86. The smallest absolute Gasteiger partial charge is 0.254 e. The molecule has 7 rings (SSSR count). The molecule has 1 saturated heterocycles. The molecular formula is C29H23N3O2. The minimum atomic E-state index is -0.229. The topological polar surface area (TPSA) is 54.7 Å². The fourth-order valence-corrected chi connectivity index (χ4v) is 6.24. The lowest BCUT2D eigenvalue weighted by Crippen LogP contribution is -2.28. The molecule has 2 amide bonds. The van der Waals surface area contributed by atoms with Crippen molar-refractivity contribution in [3.63, 3.8) is 0 Å². The molecule has 1 saturated carbocycles. The molecule has 3 aliphatic rings. The van der Waals surface area contributed by atoms with Crippen LogP contribution in [0, 0.1) is 23.7 Å². The van der Waals surface area contributed by atoms with Crippen molar-refractivity contribution in [2.24, 2.45) is 28.8 Å². The van der Waals surface area contributed by atoms with E-state index in [1.165, 1.54) is 16.3 Å². The van der Waals surface area contributed by atoms with Crippen molar-refractivity contribution in [2.45, 2.75) is 13.0 Å². The maximum absolute atomic E-state index is 13.0. The molecule has 3 aromatic carbocycles. The monoisotopic (exact) mass is 445 g/mol. The predicted octanol–water partition coefficient (Wildman–Crippen LogP) is 4.98. The molecule has 0 spiro atoms. The zero-order valence-electron chi connectivity index (χ0n) is 18.5. The Kier molecular flexibility index (Phi) is 4.16. The van der Waals surface area contributed by atoms with Crippen molar-refractivity contribution in [3.05, 3.63) is 96.2 Å². The SMILES string of the molecule is O=C1[C@@H]2[C@H](C(=O)N1N=Cc1cn(Cc3cccc4ccccc34)c3ccccc13)[C@H]1C=C[C@H]2C1. The number of hydrazone groups is 1. The Labute approximate surface area is 197 Å². The van der Waals surface area contributed by atoms with Gasteiger partial charge in [-0.15, -0.1) is 0 Å². The van der Waals surface area contributed by atoms with E-state index in [0.29, 0.717) is 0 Å². The molecule has 0 radical (unpaired) electrons. The van der Waals surface area contributed by atoms with E-state index in [1.807, 2.05) is 12.1 Å². The highest BCUT2D eigenvalue weighted by Crippen LogP contribution is 2.52. The molecule has 0 N–H and O–H groups in total. The quantitative estimate of drug-likeness (QED) is 0.253. The number of nitrogens with zero attached hydrogens (tertiary/aromatic N) is 3. The second-order valence-electron chi connectivity index (χ2n) is 9.60. The average molecular weight is 446 g/mol. The third kappa shape index (κ3) is 2.76. The van der Waals surface area contributed by atoms with Crippen LogP contribution in [0.25, 0.3) is 21.7 Å². The Morgan fingerprint density at radius 1 is 0.824 bits per heavy atom. The molecule has 4 aromatic rings. The molecule has 2 fully saturated rings. The van der Waals surface area contributed by atoms with Crippen molar-refractivity contribution in [1.29, 1.82) is 0 Å². The van der Waals surface area contributed by atoms with Gasteiger partial charge in [0.1, 0.15) is 0 Å². The summed E-state index contributed by atoms with van der Waals surface area (Å²) in [5, 5.41) is 9.05. The van der Waals surface area contributed by atoms with E-state index >= 15 is 0 Å². The number of imide groups is 1. The van der Waals surface area contributed by atoms with Crippen LogP contribution in [0.2, 0.25) is 0 Å². The number of fused-ring (bicyclic) bond motifs is 7.